The van der Waals surface area contributed by atoms with E-state index in [1.807, 2.05) is 25.1 Å². The second-order valence-corrected chi connectivity index (χ2v) is 6.60. The van der Waals surface area contributed by atoms with Crippen LogP contribution in [0.1, 0.15) is 25.0 Å². The predicted molar refractivity (Wildman–Crippen MR) is 64.9 cm³/mol. The van der Waals surface area contributed by atoms with E-state index in [2.05, 4.69) is 0 Å². The fraction of sp³-hybridized carbons (Fsp3) is 0.500. The van der Waals surface area contributed by atoms with Gasteiger partial charge in [-0.15, -0.1) is 0 Å². The van der Waals surface area contributed by atoms with E-state index < -0.39 is 21.2 Å². The molecule has 0 amide bonds. The Balaban J connectivity index is 2.89. The maximum absolute atomic E-state index is 11.9. The standard InChI is InChI=1S/C12H18O3S/c1-9-5-4-6-12(7-9)8-16(14,15)11(3)10(2)13/h4-7,10-11,13H,8H2,1-3H3/t10-,11-/m0/s1. The van der Waals surface area contributed by atoms with E-state index in [9.17, 15) is 13.5 Å². The smallest absolute Gasteiger partial charge is 0.159 e. The molecule has 0 fully saturated rings. The third kappa shape index (κ3) is 3.32. The second kappa shape index (κ2) is 4.97. The van der Waals surface area contributed by atoms with E-state index in [4.69, 9.17) is 0 Å². The van der Waals surface area contributed by atoms with Crippen LogP contribution in [0.25, 0.3) is 0 Å². The minimum atomic E-state index is -3.28. The molecule has 4 heteroatoms. The van der Waals surface area contributed by atoms with Crippen molar-refractivity contribution in [3.8, 4) is 0 Å². The van der Waals surface area contributed by atoms with E-state index in [0.29, 0.717) is 0 Å². The Hall–Kier alpha value is -0.870. The van der Waals surface area contributed by atoms with Crippen LogP contribution in [0.4, 0.5) is 0 Å². The van der Waals surface area contributed by atoms with Crippen molar-refractivity contribution in [3.05, 3.63) is 35.4 Å². The molecule has 0 spiro atoms. The van der Waals surface area contributed by atoms with Gasteiger partial charge in [0.15, 0.2) is 9.84 Å². The fourth-order valence-corrected chi connectivity index (χ4v) is 2.97. The van der Waals surface area contributed by atoms with Crippen molar-refractivity contribution in [3.63, 3.8) is 0 Å². The number of sulfone groups is 1. The maximum Gasteiger partial charge on any atom is 0.159 e. The van der Waals surface area contributed by atoms with E-state index in [1.165, 1.54) is 13.8 Å². The van der Waals surface area contributed by atoms with Gasteiger partial charge in [0, 0.05) is 0 Å². The Kier molecular flexibility index (Phi) is 4.10. The summed E-state index contributed by atoms with van der Waals surface area (Å²) < 4.78 is 23.8. The molecule has 3 nitrogen and oxygen atoms in total. The van der Waals surface area contributed by atoms with Crippen molar-refractivity contribution in [1.82, 2.24) is 0 Å². The quantitative estimate of drug-likeness (QED) is 0.874. The molecule has 1 aromatic rings. The van der Waals surface area contributed by atoms with Gasteiger partial charge in [-0.3, -0.25) is 0 Å². The van der Waals surface area contributed by atoms with Crippen molar-refractivity contribution in [2.24, 2.45) is 0 Å². The lowest BCUT2D eigenvalue weighted by Crippen LogP contribution is -2.30. The van der Waals surface area contributed by atoms with Crippen LogP contribution in [0, 0.1) is 6.92 Å². The summed E-state index contributed by atoms with van der Waals surface area (Å²) in [7, 11) is -3.28. The summed E-state index contributed by atoms with van der Waals surface area (Å²) in [6.07, 6.45) is -0.838. The van der Waals surface area contributed by atoms with Gasteiger partial charge in [0.25, 0.3) is 0 Å². The first-order valence-corrected chi connectivity index (χ1v) is 6.99. The average molecular weight is 242 g/mol. The molecule has 1 rings (SSSR count). The zero-order chi connectivity index (χ0) is 12.3. The summed E-state index contributed by atoms with van der Waals surface area (Å²) in [5.74, 6) is -0.0131. The Bertz CT molecular complexity index is 449. The van der Waals surface area contributed by atoms with Gasteiger partial charge in [-0.05, 0) is 26.3 Å². The molecule has 16 heavy (non-hydrogen) atoms. The third-order valence-corrected chi connectivity index (χ3v) is 4.96. The Morgan fingerprint density at radius 3 is 2.44 bits per heavy atom. The molecule has 0 aliphatic carbocycles. The van der Waals surface area contributed by atoms with Gasteiger partial charge < -0.3 is 5.11 Å². The van der Waals surface area contributed by atoms with Gasteiger partial charge in [0.2, 0.25) is 0 Å². The van der Waals surface area contributed by atoms with Crippen molar-refractivity contribution >= 4 is 9.84 Å². The molecule has 0 unspecified atom stereocenters. The van der Waals surface area contributed by atoms with Crippen molar-refractivity contribution < 1.29 is 13.5 Å². The third-order valence-electron chi connectivity index (χ3n) is 2.70. The van der Waals surface area contributed by atoms with Crippen LogP contribution < -0.4 is 0 Å². The van der Waals surface area contributed by atoms with Crippen LogP contribution >= 0.6 is 0 Å². The summed E-state index contributed by atoms with van der Waals surface area (Å²) in [4.78, 5) is 0. The average Bonchev–Trinajstić information content (AvgIpc) is 2.15. The minimum absolute atomic E-state index is 0.0131. The van der Waals surface area contributed by atoms with Crippen molar-refractivity contribution in [2.75, 3.05) is 0 Å². The lowest BCUT2D eigenvalue weighted by atomic mass is 10.2. The van der Waals surface area contributed by atoms with Gasteiger partial charge in [-0.2, -0.15) is 0 Å². The molecule has 0 aliphatic heterocycles. The molecule has 0 saturated carbocycles. The van der Waals surface area contributed by atoms with Gasteiger partial charge >= 0.3 is 0 Å². The highest BCUT2D eigenvalue weighted by atomic mass is 32.2. The maximum atomic E-state index is 11.9. The number of benzene rings is 1. The van der Waals surface area contributed by atoms with Crippen LogP contribution in [0.5, 0.6) is 0 Å². The van der Waals surface area contributed by atoms with Crippen LogP contribution in [-0.2, 0) is 15.6 Å². The molecule has 0 radical (unpaired) electrons. The van der Waals surface area contributed by atoms with E-state index in [0.717, 1.165) is 11.1 Å². The normalized spacial score (nSPS) is 15.8. The summed E-state index contributed by atoms with van der Waals surface area (Å²) in [6, 6.07) is 7.41. The largest absolute Gasteiger partial charge is 0.392 e. The first kappa shape index (κ1) is 13.2. The molecule has 2 atom stereocenters. The molecular weight excluding hydrogens is 224 g/mol. The second-order valence-electron chi connectivity index (χ2n) is 4.24. The number of aryl methyl sites for hydroxylation is 1. The predicted octanol–water partition coefficient (Wildman–Crippen LogP) is 1.68. The molecule has 0 aliphatic rings. The van der Waals surface area contributed by atoms with Gasteiger partial charge in [0.1, 0.15) is 0 Å². The molecule has 0 bridgehead atoms. The highest BCUT2D eigenvalue weighted by Gasteiger charge is 2.25. The van der Waals surface area contributed by atoms with E-state index in [1.54, 1.807) is 6.07 Å². The number of rotatable bonds is 4. The number of hydrogen-bond donors (Lipinski definition) is 1. The van der Waals surface area contributed by atoms with E-state index in [-0.39, 0.29) is 5.75 Å². The molecule has 1 N–H and O–H groups in total. The van der Waals surface area contributed by atoms with Crippen LogP contribution in [0.15, 0.2) is 24.3 Å². The molecular formula is C12H18O3S. The van der Waals surface area contributed by atoms with E-state index >= 15 is 0 Å². The zero-order valence-corrected chi connectivity index (χ0v) is 10.7. The van der Waals surface area contributed by atoms with Gasteiger partial charge in [-0.25, -0.2) is 8.42 Å². The zero-order valence-electron chi connectivity index (χ0n) is 9.84. The topological polar surface area (TPSA) is 54.4 Å². The van der Waals surface area contributed by atoms with Crippen LogP contribution in [0.2, 0.25) is 0 Å². The summed E-state index contributed by atoms with van der Waals surface area (Å²) >= 11 is 0. The highest BCUT2D eigenvalue weighted by molar-refractivity contribution is 7.91. The Morgan fingerprint density at radius 2 is 1.94 bits per heavy atom. The van der Waals surface area contributed by atoms with Crippen molar-refractivity contribution in [2.45, 2.75) is 37.9 Å². The van der Waals surface area contributed by atoms with Gasteiger partial charge in [0.05, 0.1) is 17.1 Å². The lowest BCUT2D eigenvalue weighted by molar-refractivity contribution is 0.193. The number of aliphatic hydroxyl groups is 1. The Labute approximate surface area is 97.0 Å². The lowest BCUT2D eigenvalue weighted by Gasteiger charge is -2.15. The first-order chi connectivity index (χ1) is 7.33. The molecule has 90 valence electrons. The molecule has 0 saturated heterocycles. The Morgan fingerprint density at radius 1 is 1.31 bits per heavy atom. The van der Waals surface area contributed by atoms with Crippen LogP contribution in [-0.4, -0.2) is 24.9 Å². The molecule has 1 aromatic carbocycles. The monoisotopic (exact) mass is 242 g/mol. The first-order valence-electron chi connectivity index (χ1n) is 5.28. The summed E-state index contributed by atoms with van der Waals surface area (Å²) in [5, 5.41) is 8.58. The van der Waals surface area contributed by atoms with Crippen LogP contribution in [0.3, 0.4) is 0 Å². The van der Waals surface area contributed by atoms with Gasteiger partial charge in [-0.1, -0.05) is 29.8 Å². The SMILES string of the molecule is Cc1cccc(CS(=O)(=O)[C@@H](C)[C@H](C)O)c1. The van der Waals surface area contributed by atoms with Crippen molar-refractivity contribution in [1.29, 1.82) is 0 Å². The minimum Gasteiger partial charge on any atom is -0.392 e. The molecule has 0 heterocycles. The highest BCUT2D eigenvalue weighted by Crippen LogP contribution is 2.14. The summed E-state index contributed by atoms with van der Waals surface area (Å²) in [5.41, 5.74) is 1.81. The number of aliphatic hydroxyl groups excluding tert-OH is 1. The summed E-state index contributed by atoms with van der Waals surface area (Å²) in [6.45, 7) is 4.96. The number of hydrogen-bond acceptors (Lipinski definition) is 3. The fourth-order valence-electron chi connectivity index (χ4n) is 1.47. The molecule has 0 aromatic heterocycles.